The van der Waals surface area contributed by atoms with Crippen LogP contribution in [0.3, 0.4) is 0 Å². The van der Waals surface area contributed by atoms with Crippen molar-refractivity contribution in [3.05, 3.63) is 89.8 Å². The van der Waals surface area contributed by atoms with Crippen LogP contribution in [0.15, 0.2) is 84.1 Å². The highest BCUT2D eigenvalue weighted by Crippen LogP contribution is 2.22. The van der Waals surface area contributed by atoms with Gasteiger partial charge in [-0.15, -0.1) is 10.2 Å². The van der Waals surface area contributed by atoms with Crippen molar-refractivity contribution in [3.63, 3.8) is 0 Å². The Bertz CT molecular complexity index is 1440. The molecule has 3 aromatic heterocycles. The largest absolute Gasteiger partial charge is 0.575 e. The first kappa shape index (κ1) is 18.7. The van der Waals surface area contributed by atoms with E-state index in [0.717, 1.165) is 17.0 Å². The predicted molar refractivity (Wildman–Crippen MR) is 116 cm³/mol. The highest BCUT2D eigenvalue weighted by molar-refractivity contribution is 5.75. The maximum Gasteiger partial charge on any atom is 0.350 e. The van der Waals surface area contributed by atoms with Gasteiger partial charge in [-0.05, 0) is 23.2 Å². The van der Waals surface area contributed by atoms with Crippen molar-refractivity contribution < 1.29 is 9.25 Å². The second-order valence-corrected chi connectivity index (χ2v) is 6.87. The van der Waals surface area contributed by atoms with Crippen LogP contribution in [0.4, 0.5) is 5.69 Å². The minimum absolute atomic E-state index is 0.556. The van der Waals surface area contributed by atoms with E-state index in [1.807, 2.05) is 86.0 Å². The number of pyridine rings is 1. The summed E-state index contributed by atoms with van der Waals surface area (Å²) in [6.07, 6.45) is 1.86. The van der Waals surface area contributed by atoms with E-state index in [9.17, 15) is 0 Å². The number of fused-ring (bicyclic) bond motifs is 2. The smallest absolute Gasteiger partial charge is 0.350 e. The predicted octanol–water partition coefficient (Wildman–Crippen LogP) is 3.30. The van der Waals surface area contributed by atoms with Crippen LogP contribution in [0.25, 0.3) is 33.5 Å². The normalized spacial score (nSPS) is 11.7. The molecular formula is C23H19N7O. The van der Waals surface area contributed by atoms with Crippen molar-refractivity contribution >= 4 is 22.5 Å². The summed E-state index contributed by atoms with van der Waals surface area (Å²) >= 11 is 0. The van der Waals surface area contributed by atoms with Crippen molar-refractivity contribution in [2.45, 2.75) is 0 Å². The molecule has 0 N–H and O–H groups in total. The number of rotatable bonds is 4. The Morgan fingerprint density at radius 2 is 1.74 bits per heavy atom. The molecule has 0 unspecified atom stereocenters. The van der Waals surface area contributed by atoms with E-state index in [1.54, 1.807) is 16.3 Å². The second-order valence-electron chi connectivity index (χ2n) is 6.87. The van der Waals surface area contributed by atoms with E-state index in [4.69, 9.17) is 19.9 Å². The molecule has 2 aromatic carbocycles. The lowest BCUT2D eigenvalue weighted by molar-refractivity contribution is -0.580. The number of aromatic nitrogens is 5. The van der Waals surface area contributed by atoms with E-state index in [1.165, 1.54) is 0 Å². The average Bonchev–Trinajstić information content (AvgIpc) is 2.83. The molecule has 0 aliphatic carbocycles. The Kier molecular flexibility index (Phi) is 4.72. The molecule has 0 saturated heterocycles. The van der Waals surface area contributed by atoms with Crippen LogP contribution in [-0.2, 0) is 7.05 Å². The Labute approximate surface area is 178 Å². The third kappa shape index (κ3) is 3.55. The van der Waals surface area contributed by atoms with Crippen molar-refractivity contribution in [1.29, 1.82) is 0 Å². The molecule has 0 aliphatic heterocycles. The summed E-state index contributed by atoms with van der Waals surface area (Å²) in [6.45, 7) is 0. The van der Waals surface area contributed by atoms with Crippen LogP contribution in [0, 0.1) is 0 Å². The summed E-state index contributed by atoms with van der Waals surface area (Å²) in [7, 11) is 3.48. The van der Waals surface area contributed by atoms with Gasteiger partial charge in [0.2, 0.25) is 5.52 Å². The molecule has 0 spiro atoms. The van der Waals surface area contributed by atoms with Gasteiger partial charge in [0.25, 0.3) is 5.65 Å². The quantitative estimate of drug-likeness (QED) is 0.259. The standard InChI is InChI=1S/C23H19N7O/c1-29-23-22(28-30-15-7-6-10-19(30)24-23)21(20(27-29)16-8-4-3-5-9-16)26-25-17-11-13-18(31-2)14-12-17/h3-15H,1-2H3. The maximum atomic E-state index is 5.21. The molecule has 152 valence electrons. The van der Waals surface area contributed by atoms with Gasteiger partial charge in [0.15, 0.2) is 0 Å². The van der Waals surface area contributed by atoms with Gasteiger partial charge in [0.05, 0.1) is 7.11 Å². The van der Waals surface area contributed by atoms with Gasteiger partial charge >= 0.3 is 5.65 Å². The zero-order chi connectivity index (χ0) is 21.2. The van der Waals surface area contributed by atoms with Gasteiger partial charge in [0, 0.05) is 18.7 Å². The summed E-state index contributed by atoms with van der Waals surface area (Å²) in [4.78, 5) is 4.73. The summed E-state index contributed by atoms with van der Waals surface area (Å²) in [5.41, 5.74) is 8.69. The van der Waals surface area contributed by atoms with Crippen LogP contribution in [0.5, 0.6) is 5.75 Å². The van der Waals surface area contributed by atoms with Gasteiger partial charge in [-0.1, -0.05) is 53.6 Å². The number of hydrogen-bond donors (Lipinski definition) is 0. The molecule has 5 aromatic rings. The number of aryl methyl sites for hydroxylation is 1. The summed E-state index contributed by atoms with van der Waals surface area (Å²) in [6, 6.07) is 23.0. The van der Waals surface area contributed by atoms with Crippen LogP contribution in [0.1, 0.15) is 0 Å². The molecule has 0 amide bonds. The number of methoxy groups -OCH3 is 1. The molecule has 8 nitrogen and oxygen atoms in total. The third-order valence-electron chi connectivity index (χ3n) is 4.85. The van der Waals surface area contributed by atoms with E-state index in [-0.39, 0.29) is 0 Å². The lowest BCUT2D eigenvalue weighted by Crippen LogP contribution is -2.31. The fourth-order valence-corrected chi connectivity index (χ4v) is 3.29. The van der Waals surface area contributed by atoms with Gasteiger partial charge < -0.3 is 15.3 Å². The van der Waals surface area contributed by atoms with Crippen LogP contribution >= 0.6 is 0 Å². The Hall–Kier alpha value is -4.33. The molecule has 3 heterocycles. The first-order valence-electron chi connectivity index (χ1n) is 9.73. The van der Waals surface area contributed by atoms with E-state index in [0.29, 0.717) is 27.9 Å². The summed E-state index contributed by atoms with van der Waals surface area (Å²) < 4.78 is 8.67. The highest BCUT2D eigenvalue weighted by atomic mass is 16.5. The fraction of sp³-hybridized carbons (Fsp3) is 0.0870. The lowest BCUT2D eigenvalue weighted by atomic mass is 10.1. The molecule has 0 bridgehead atoms. The van der Waals surface area contributed by atoms with Crippen molar-refractivity contribution in [2.75, 3.05) is 7.11 Å². The molecule has 5 rings (SSSR count). The first-order valence-corrected chi connectivity index (χ1v) is 9.73. The Morgan fingerprint density at radius 1 is 0.968 bits per heavy atom. The molecule has 0 saturated carbocycles. The van der Waals surface area contributed by atoms with Gasteiger partial charge in [-0.3, -0.25) is 0 Å². The average molecular weight is 409 g/mol. The van der Waals surface area contributed by atoms with Gasteiger partial charge in [0.1, 0.15) is 23.0 Å². The molecule has 0 radical (unpaired) electrons. The first-order chi connectivity index (χ1) is 15.2. The maximum absolute atomic E-state index is 5.21. The number of nitrogens with zero attached hydrogens (tertiary/aromatic N) is 7. The van der Waals surface area contributed by atoms with E-state index >= 15 is 0 Å². The molecular weight excluding hydrogens is 390 g/mol. The van der Waals surface area contributed by atoms with Crippen molar-refractivity contribution in [2.24, 2.45) is 12.1 Å². The summed E-state index contributed by atoms with van der Waals surface area (Å²) in [5, 5.41) is 14.7. The number of benzene rings is 2. The molecule has 0 aliphatic rings. The third-order valence-corrected chi connectivity index (χ3v) is 4.85. The minimum Gasteiger partial charge on any atom is -0.575 e. The number of ether oxygens (including phenoxy) is 1. The fourth-order valence-electron chi connectivity index (χ4n) is 3.29. The molecule has 8 heteroatoms. The lowest BCUT2D eigenvalue weighted by Gasteiger charge is -2.17. The van der Waals surface area contributed by atoms with E-state index < -0.39 is 0 Å². The molecule has 0 atom stereocenters. The topological polar surface area (TPSA) is 83.4 Å². The minimum atomic E-state index is 0.556. The monoisotopic (exact) mass is 409 g/mol. The number of hydrogen-bond acceptors (Lipinski definition) is 5. The van der Waals surface area contributed by atoms with Crippen molar-refractivity contribution in [1.82, 2.24) is 19.9 Å². The zero-order valence-electron chi connectivity index (χ0n) is 17.0. The van der Waals surface area contributed by atoms with E-state index in [2.05, 4.69) is 10.5 Å². The summed E-state index contributed by atoms with van der Waals surface area (Å²) in [5.74, 6) is 0.761. The highest BCUT2D eigenvalue weighted by Gasteiger charge is 2.17. The second kappa shape index (κ2) is 7.83. The van der Waals surface area contributed by atoms with Crippen molar-refractivity contribution in [3.8, 4) is 17.0 Å². The van der Waals surface area contributed by atoms with Gasteiger partial charge in [-0.25, -0.2) is 4.68 Å². The Morgan fingerprint density at radius 3 is 2.52 bits per heavy atom. The SMILES string of the molecule is COc1ccc([N-]N=c2c(-c3ccccc3)nn(C)c3nc4cccc[n+]4nc23)cc1. The van der Waals surface area contributed by atoms with Crippen LogP contribution in [0.2, 0.25) is 0 Å². The molecule has 0 fully saturated rings. The molecule has 31 heavy (non-hydrogen) atoms. The van der Waals surface area contributed by atoms with Crippen LogP contribution in [-0.4, -0.2) is 27.0 Å². The van der Waals surface area contributed by atoms with Gasteiger partial charge in [-0.2, -0.15) is 5.10 Å². The Balaban J connectivity index is 1.77. The van der Waals surface area contributed by atoms with Crippen LogP contribution < -0.4 is 14.6 Å². The zero-order valence-corrected chi connectivity index (χ0v) is 17.0.